The first-order valence-corrected chi connectivity index (χ1v) is 9.53. The first-order valence-electron chi connectivity index (χ1n) is 9.53. The zero-order valence-electron chi connectivity index (χ0n) is 16.0. The maximum Gasteiger partial charge on any atom is 0.337 e. The fourth-order valence-corrected chi connectivity index (χ4v) is 4.26. The minimum atomic E-state index is -1.03. The molecule has 0 saturated carbocycles. The summed E-state index contributed by atoms with van der Waals surface area (Å²) >= 11 is 0. The summed E-state index contributed by atoms with van der Waals surface area (Å²) in [5, 5.41) is 10.4. The molecule has 1 saturated heterocycles. The molecule has 0 atom stereocenters. The molecule has 1 fully saturated rings. The highest BCUT2D eigenvalue weighted by molar-refractivity contribution is 5.94. The molecule has 1 aliphatic rings. The van der Waals surface area contributed by atoms with E-state index in [9.17, 15) is 9.59 Å². The monoisotopic (exact) mass is 377 g/mol. The maximum absolute atomic E-state index is 12.8. The number of nitrogens with one attached hydrogen (secondary N) is 1. The quantitative estimate of drug-likeness (QED) is 0.725. The van der Waals surface area contributed by atoms with E-state index in [2.05, 4.69) is 35.1 Å². The molecule has 2 aromatic heterocycles. The van der Waals surface area contributed by atoms with Gasteiger partial charge in [0.25, 0.3) is 5.91 Å². The second-order valence-corrected chi connectivity index (χ2v) is 7.41. The van der Waals surface area contributed by atoms with E-state index >= 15 is 0 Å². The first-order chi connectivity index (χ1) is 13.5. The standard InChI is InChI=1S/C22H23N3O3/c1-13-16(22(27)28)7-8-19(23-13)21(26)25-11-9-15(10-12-25)20-14(2)24-18-6-4-3-5-17(18)20/h3-8,15,24H,9-12H2,1-2H3,(H,27,28). The van der Waals surface area contributed by atoms with Gasteiger partial charge in [-0.25, -0.2) is 9.78 Å². The molecule has 28 heavy (non-hydrogen) atoms. The van der Waals surface area contributed by atoms with E-state index < -0.39 is 5.97 Å². The Kier molecular flexibility index (Phi) is 4.63. The third-order valence-electron chi connectivity index (χ3n) is 5.67. The summed E-state index contributed by atoms with van der Waals surface area (Å²) in [4.78, 5) is 33.5. The molecule has 3 heterocycles. The van der Waals surface area contributed by atoms with Crippen molar-refractivity contribution in [3.05, 3.63) is 64.6 Å². The molecule has 0 radical (unpaired) electrons. The van der Waals surface area contributed by atoms with Gasteiger partial charge in [0.2, 0.25) is 0 Å². The fraction of sp³-hybridized carbons (Fsp3) is 0.318. The lowest BCUT2D eigenvalue weighted by Gasteiger charge is -2.32. The van der Waals surface area contributed by atoms with Gasteiger partial charge in [-0.15, -0.1) is 0 Å². The molecule has 0 aliphatic carbocycles. The van der Waals surface area contributed by atoms with Crippen LogP contribution in [0.4, 0.5) is 0 Å². The summed E-state index contributed by atoms with van der Waals surface area (Å²) in [6.45, 7) is 5.07. The Balaban J connectivity index is 1.49. The van der Waals surface area contributed by atoms with Crippen molar-refractivity contribution < 1.29 is 14.7 Å². The molecule has 2 N–H and O–H groups in total. The highest BCUT2D eigenvalue weighted by Crippen LogP contribution is 2.35. The van der Waals surface area contributed by atoms with Gasteiger partial charge in [-0.2, -0.15) is 0 Å². The van der Waals surface area contributed by atoms with Crippen molar-refractivity contribution in [3.63, 3.8) is 0 Å². The molecule has 4 rings (SSSR count). The number of aromatic amines is 1. The van der Waals surface area contributed by atoms with Crippen molar-refractivity contribution in [2.75, 3.05) is 13.1 Å². The summed E-state index contributed by atoms with van der Waals surface area (Å²) < 4.78 is 0. The number of rotatable bonds is 3. The minimum absolute atomic E-state index is 0.130. The number of likely N-dealkylation sites (tertiary alicyclic amines) is 1. The van der Waals surface area contributed by atoms with Crippen LogP contribution in [-0.2, 0) is 0 Å². The number of aryl methyl sites for hydroxylation is 2. The van der Waals surface area contributed by atoms with Crippen molar-refractivity contribution >= 4 is 22.8 Å². The molecule has 0 spiro atoms. The van der Waals surface area contributed by atoms with Gasteiger partial charge in [-0.05, 0) is 56.4 Å². The van der Waals surface area contributed by atoms with Gasteiger partial charge in [-0.1, -0.05) is 18.2 Å². The van der Waals surface area contributed by atoms with E-state index in [0.29, 0.717) is 30.4 Å². The van der Waals surface area contributed by atoms with E-state index in [1.165, 1.54) is 28.8 Å². The number of carboxylic acid groups (broad SMARTS) is 1. The predicted molar refractivity (Wildman–Crippen MR) is 107 cm³/mol. The van der Waals surface area contributed by atoms with Crippen LogP contribution in [0.2, 0.25) is 0 Å². The Bertz CT molecular complexity index is 1060. The molecule has 0 unspecified atom stereocenters. The number of amides is 1. The Labute approximate surface area is 163 Å². The Hall–Kier alpha value is -3.15. The lowest BCUT2D eigenvalue weighted by atomic mass is 9.87. The van der Waals surface area contributed by atoms with Crippen molar-refractivity contribution in [1.29, 1.82) is 0 Å². The highest BCUT2D eigenvalue weighted by atomic mass is 16.4. The summed E-state index contributed by atoms with van der Waals surface area (Å²) in [6.07, 6.45) is 1.81. The SMILES string of the molecule is Cc1nc(C(=O)N2CCC(c3c(C)[nH]c4ccccc34)CC2)ccc1C(=O)O. The summed E-state index contributed by atoms with van der Waals surface area (Å²) in [7, 11) is 0. The average Bonchev–Trinajstić information content (AvgIpc) is 3.03. The number of carbonyl (C=O) groups excluding carboxylic acids is 1. The number of nitrogens with zero attached hydrogens (tertiary/aromatic N) is 2. The van der Waals surface area contributed by atoms with Crippen LogP contribution in [0.15, 0.2) is 36.4 Å². The zero-order chi connectivity index (χ0) is 19.8. The molecule has 6 nitrogen and oxygen atoms in total. The van der Waals surface area contributed by atoms with Gasteiger partial charge in [0.15, 0.2) is 0 Å². The number of benzene rings is 1. The number of carboxylic acids is 1. The van der Waals surface area contributed by atoms with Gasteiger partial charge >= 0.3 is 5.97 Å². The third-order valence-corrected chi connectivity index (χ3v) is 5.67. The second kappa shape index (κ2) is 7.11. The third kappa shape index (κ3) is 3.15. The summed E-state index contributed by atoms with van der Waals surface area (Å²) in [5.41, 5.74) is 4.53. The van der Waals surface area contributed by atoms with Crippen LogP contribution < -0.4 is 0 Å². The number of aromatic carboxylic acids is 1. The number of piperidine rings is 1. The lowest BCUT2D eigenvalue weighted by Crippen LogP contribution is -2.38. The largest absolute Gasteiger partial charge is 0.478 e. The molecular weight excluding hydrogens is 354 g/mol. The van der Waals surface area contributed by atoms with Crippen LogP contribution >= 0.6 is 0 Å². The van der Waals surface area contributed by atoms with Crippen LogP contribution in [0.3, 0.4) is 0 Å². The number of aromatic nitrogens is 2. The van der Waals surface area contributed by atoms with Gasteiger partial charge in [0, 0.05) is 29.7 Å². The first kappa shape index (κ1) is 18.2. The van der Waals surface area contributed by atoms with Gasteiger partial charge in [0.1, 0.15) is 5.69 Å². The van der Waals surface area contributed by atoms with Gasteiger partial charge in [-0.3, -0.25) is 4.79 Å². The lowest BCUT2D eigenvalue weighted by molar-refractivity contribution is 0.0684. The Morgan fingerprint density at radius 2 is 1.82 bits per heavy atom. The van der Waals surface area contributed by atoms with Gasteiger partial charge in [0.05, 0.1) is 11.3 Å². The molecule has 0 bridgehead atoms. The topological polar surface area (TPSA) is 86.3 Å². The van der Waals surface area contributed by atoms with Crippen LogP contribution in [0.25, 0.3) is 10.9 Å². The van der Waals surface area contributed by atoms with Crippen LogP contribution in [-0.4, -0.2) is 44.9 Å². The smallest absolute Gasteiger partial charge is 0.337 e. The Morgan fingerprint density at radius 3 is 2.50 bits per heavy atom. The van der Waals surface area contributed by atoms with E-state index in [0.717, 1.165) is 18.4 Å². The van der Waals surface area contributed by atoms with Crippen LogP contribution in [0.1, 0.15) is 56.6 Å². The number of H-pyrrole nitrogens is 1. The van der Waals surface area contributed by atoms with E-state index in [1.807, 2.05) is 11.0 Å². The van der Waals surface area contributed by atoms with Crippen molar-refractivity contribution in [2.45, 2.75) is 32.6 Å². The number of hydrogen-bond acceptors (Lipinski definition) is 3. The molecule has 1 aliphatic heterocycles. The predicted octanol–water partition coefficient (Wildman–Crippen LogP) is 3.90. The number of carbonyl (C=O) groups is 2. The Morgan fingerprint density at radius 1 is 1.11 bits per heavy atom. The fourth-order valence-electron chi connectivity index (χ4n) is 4.26. The molecular formula is C22H23N3O3. The molecule has 144 valence electrons. The molecule has 1 amide bonds. The number of para-hydroxylation sites is 1. The highest BCUT2D eigenvalue weighted by Gasteiger charge is 2.28. The molecule has 1 aromatic carbocycles. The van der Waals surface area contributed by atoms with Crippen LogP contribution in [0.5, 0.6) is 0 Å². The molecule has 3 aromatic rings. The second-order valence-electron chi connectivity index (χ2n) is 7.41. The zero-order valence-corrected chi connectivity index (χ0v) is 16.0. The number of fused-ring (bicyclic) bond motifs is 1. The van der Waals surface area contributed by atoms with Crippen molar-refractivity contribution in [1.82, 2.24) is 14.9 Å². The van der Waals surface area contributed by atoms with Crippen molar-refractivity contribution in [3.8, 4) is 0 Å². The number of pyridine rings is 1. The van der Waals surface area contributed by atoms with E-state index in [-0.39, 0.29) is 11.5 Å². The number of hydrogen-bond donors (Lipinski definition) is 2. The molecule has 6 heteroatoms. The summed E-state index contributed by atoms with van der Waals surface area (Å²) in [5.74, 6) is -0.739. The van der Waals surface area contributed by atoms with E-state index in [1.54, 1.807) is 6.92 Å². The normalized spacial score (nSPS) is 15.1. The van der Waals surface area contributed by atoms with Crippen LogP contribution in [0, 0.1) is 13.8 Å². The van der Waals surface area contributed by atoms with Gasteiger partial charge < -0.3 is 15.0 Å². The minimum Gasteiger partial charge on any atom is -0.478 e. The van der Waals surface area contributed by atoms with E-state index in [4.69, 9.17) is 5.11 Å². The van der Waals surface area contributed by atoms with Crippen molar-refractivity contribution in [2.24, 2.45) is 0 Å². The average molecular weight is 377 g/mol. The summed E-state index contributed by atoms with van der Waals surface area (Å²) in [6, 6.07) is 11.3. The maximum atomic E-state index is 12.8.